The van der Waals surface area contributed by atoms with Gasteiger partial charge < -0.3 is 10.2 Å². The quantitative estimate of drug-likeness (QED) is 0.644. The van der Waals surface area contributed by atoms with Crippen LogP contribution in [0.25, 0.3) is 0 Å². The van der Waals surface area contributed by atoms with Crippen LogP contribution in [0, 0.1) is 0 Å². The smallest absolute Gasteiger partial charge is 0.220 e. The molecule has 2 aliphatic heterocycles. The second-order valence-electron chi connectivity index (χ2n) is 3.50. The topological polar surface area (TPSA) is 32.3 Å². The molecule has 2 heterocycles. The van der Waals surface area contributed by atoms with E-state index in [9.17, 15) is 4.79 Å². The van der Waals surface area contributed by atoms with Crippen LogP contribution in [0.15, 0.2) is 0 Å². The van der Waals surface area contributed by atoms with E-state index < -0.39 is 0 Å². The van der Waals surface area contributed by atoms with E-state index in [-0.39, 0.29) is 11.4 Å². The molecule has 0 saturated carbocycles. The van der Waals surface area contributed by atoms with Crippen molar-refractivity contribution in [2.24, 2.45) is 0 Å². The Morgan fingerprint density at radius 2 is 1.71 bits per heavy atom. The van der Waals surface area contributed by atoms with Crippen molar-refractivity contribution in [3.63, 3.8) is 0 Å². The Hall–Kier alpha value is -0.570. The Balaban J connectivity index is 0.000000379. The van der Waals surface area contributed by atoms with Crippen LogP contribution in [0.1, 0.15) is 40.5 Å². The minimum atomic E-state index is 0.186. The van der Waals surface area contributed by atoms with Crippen LogP contribution in [0.2, 0.25) is 0 Å². The van der Waals surface area contributed by atoms with Gasteiger partial charge in [0.2, 0.25) is 5.91 Å². The first-order valence-electron chi connectivity index (χ1n) is 5.70. The molecule has 3 heteroatoms. The highest BCUT2D eigenvalue weighted by atomic mass is 16.2. The number of hydrogen-bond donors (Lipinski definition) is 1. The Labute approximate surface area is 87.9 Å². The predicted molar refractivity (Wildman–Crippen MR) is 60.3 cm³/mol. The molecule has 0 aromatic carbocycles. The number of nitrogens with zero attached hydrogens (tertiary/aromatic N) is 1. The van der Waals surface area contributed by atoms with Crippen LogP contribution < -0.4 is 5.32 Å². The third-order valence-corrected chi connectivity index (χ3v) is 2.38. The van der Waals surface area contributed by atoms with Gasteiger partial charge in [-0.3, -0.25) is 4.79 Å². The van der Waals surface area contributed by atoms with Crippen molar-refractivity contribution in [1.29, 1.82) is 0 Å². The maximum absolute atomic E-state index is 10.8. The highest BCUT2D eigenvalue weighted by Gasteiger charge is 2.45. The average Bonchev–Trinajstić information content (AvgIpc) is 2.54. The monoisotopic (exact) mass is 200 g/mol. The van der Waals surface area contributed by atoms with Crippen LogP contribution in [0.4, 0.5) is 0 Å². The molecule has 0 unspecified atom stereocenters. The summed E-state index contributed by atoms with van der Waals surface area (Å²) in [5, 5.41) is 3.02. The van der Waals surface area contributed by atoms with Crippen molar-refractivity contribution in [2.75, 3.05) is 20.1 Å². The first-order valence-corrected chi connectivity index (χ1v) is 5.70. The molecule has 2 saturated heterocycles. The lowest BCUT2D eigenvalue weighted by Crippen LogP contribution is -2.65. The number of nitrogens with one attached hydrogen (secondary N) is 1. The molecule has 1 N–H and O–H groups in total. The number of likely N-dealkylation sites (N-methyl/N-ethyl adjacent to an activating group) is 1. The summed E-state index contributed by atoms with van der Waals surface area (Å²) in [5.41, 5.74) is 0.186. The third-order valence-electron chi connectivity index (χ3n) is 2.38. The summed E-state index contributed by atoms with van der Waals surface area (Å²) in [7, 11) is 2.08. The van der Waals surface area contributed by atoms with Crippen LogP contribution in [0.3, 0.4) is 0 Å². The lowest BCUT2D eigenvalue weighted by Gasteiger charge is -2.45. The summed E-state index contributed by atoms with van der Waals surface area (Å²) in [6, 6.07) is 0. The van der Waals surface area contributed by atoms with Crippen molar-refractivity contribution in [3.8, 4) is 0 Å². The zero-order valence-corrected chi connectivity index (χ0v) is 10.2. The zero-order valence-electron chi connectivity index (χ0n) is 10.2. The minimum Gasteiger partial charge on any atom is -0.348 e. The van der Waals surface area contributed by atoms with E-state index in [4.69, 9.17) is 0 Å². The molecule has 0 aliphatic carbocycles. The highest BCUT2D eigenvalue weighted by molar-refractivity contribution is 5.79. The molecular formula is C11H24N2O. The second kappa shape index (κ2) is 6.02. The maximum atomic E-state index is 10.8. The van der Waals surface area contributed by atoms with Crippen molar-refractivity contribution in [1.82, 2.24) is 10.2 Å². The minimum absolute atomic E-state index is 0.186. The van der Waals surface area contributed by atoms with E-state index in [1.165, 1.54) is 0 Å². The number of rotatable bonds is 0. The van der Waals surface area contributed by atoms with E-state index in [0.717, 1.165) is 25.9 Å². The van der Waals surface area contributed by atoms with Crippen LogP contribution in [-0.4, -0.2) is 36.5 Å². The Bertz CT molecular complexity index is 174. The number of hydrogen-bond acceptors (Lipinski definition) is 2. The lowest BCUT2D eigenvalue weighted by atomic mass is 9.89. The molecule has 2 fully saturated rings. The molecular weight excluding hydrogens is 176 g/mol. The standard InChI is InChI=1S/C7H12N2O.2C2H6/c1-9-4-7(5-9)3-2-6(10)8-7;2*1-2/h2-5H2,1H3,(H,8,10);2*1-2H3. The maximum Gasteiger partial charge on any atom is 0.220 e. The molecule has 1 amide bonds. The van der Waals surface area contributed by atoms with Gasteiger partial charge in [-0.2, -0.15) is 0 Å². The van der Waals surface area contributed by atoms with Gasteiger partial charge in [-0.05, 0) is 13.5 Å². The third kappa shape index (κ3) is 2.98. The molecule has 0 aromatic rings. The molecule has 1 spiro atoms. The number of carbonyl (C=O) groups is 1. The van der Waals surface area contributed by atoms with Crippen molar-refractivity contribution in [2.45, 2.75) is 46.1 Å². The van der Waals surface area contributed by atoms with Gasteiger partial charge in [-0.25, -0.2) is 0 Å². The predicted octanol–water partition coefficient (Wildman–Crippen LogP) is 1.63. The summed E-state index contributed by atoms with van der Waals surface area (Å²) < 4.78 is 0. The van der Waals surface area contributed by atoms with Gasteiger partial charge in [0.05, 0.1) is 5.54 Å². The molecule has 0 aromatic heterocycles. The molecule has 84 valence electrons. The van der Waals surface area contributed by atoms with Crippen LogP contribution >= 0.6 is 0 Å². The SMILES string of the molecule is CC.CC.CN1CC2(CCC(=O)N2)C1. The van der Waals surface area contributed by atoms with Gasteiger partial charge in [-0.15, -0.1) is 0 Å². The fraction of sp³-hybridized carbons (Fsp3) is 0.909. The zero-order chi connectivity index (χ0) is 11.2. The van der Waals surface area contributed by atoms with E-state index >= 15 is 0 Å². The summed E-state index contributed by atoms with van der Waals surface area (Å²) in [4.78, 5) is 13.1. The number of amides is 1. The van der Waals surface area contributed by atoms with Gasteiger partial charge >= 0.3 is 0 Å². The van der Waals surface area contributed by atoms with Gasteiger partial charge in [0.15, 0.2) is 0 Å². The first kappa shape index (κ1) is 13.4. The summed E-state index contributed by atoms with van der Waals surface area (Å²) >= 11 is 0. The van der Waals surface area contributed by atoms with E-state index in [1.54, 1.807) is 0 Å². The fourth-order valence-corrected chi connectivity index (χ4v) is 2.00. The normalized spacial score (nSPS) is 22.5. The molecule has 3 nitrogen and oxygen atoms in total. The van der Waals surface area contributed by atoms with Gasteiger partial charge in [0, 0.05) is 19.5 Å². The Morgan fingerprint density at radius 3 is 2.00 bits per heavy atom. The van der Waals surface area contributed by atoms with Crippen molar-refractivity contribution in [3.05, 3.63) is 0 Å². The fourth-order valence-electron chi connectivity index (χ4n) is 2.00. The van der Waals surface area contributed by atoms with Crippen LogP contribution in [-0.2, 0) is 4.79 Å². The molecule has 2 aliphatic rings. The van der Waals surface area contributed by atoms with E-state index in [2.05, 4.69) is 17.3 Å². The van der Waals surface area contributed by atoms with Gasteiger partial charge in [0.25, 0.3) is 0 Å². The summed E-state index contributed by atoms with van der Waals surface area (Å²) in [5.74, 6) is 0.230. The second-order valence-corrected chi connectivity index (χ2v) is 3.50. The summed E-state index contributed by atoms with van der Waals surface area (Å²) in [6.07, 6.45) is 1.77. The Morgan fingerprint density at radius 1 is 1.21 bits per heavy atom. The van der Waals surface area contributed by atoms with E-state index in [0.29, 0.717) is 0 Å². The van der Waals surface area contributed by atoms with Gasteiger partial charge in [-0.1, -0.05) is 27.7 Å². The molecule has 0 bridgehead atoms. The molecule has 0 radical (unpaired) electrons. The number of carbonyl (C=O) groups excluding carboxylic acids is 1. The molecule has 2 rings (SSSR count). The lowest BCUT2D eigenvalue weighted by molar-refractivity contribution is -0.120. The van der Waals surface area contributed by atoms with E-state index in [1.807, 2.05) is 27.7 Å². The molecule has 0 atom stereocenters. The largest absolute Gasteiger partial charge is 0.348 e. The van der Waals surface area contributed by atoms with Crippen molar-refractivity contribution >= 4 is 5.91 Å². The average molecular weight is 200 g/mol. The Kier molecular flexibility index (Phi) is 5.77. The van der Waals surface area contributed by atoms with Crippen LogP contribution in [0.5, 0.6) is 0 Å². The summed E-state index contributed by atoms with van der Waals surface area (Å²) in [6.45, 7) is 10.1. The van der Waals surface area contributed by atoms with Crippen molar-refractivity contribution < 1.29 is 4.79 Å². The first-order chi connectivity index (χ1) is 6.70. The highest BCUT2D eigenvalue weighted by Crippen LogP contribution is 2.28. The molecule has 14 heavy (non-hydrogen) atoms. The number of likely N-dealkylation sites (tertiary alicyclic amines) is 1. The van der Waals surface area contributed by atoms with Gasteiger partial charge in [0.1, 0.15) is 0 Å².